The number of hydrogen-bond donors (Lipinski definition) is 2. The van der Waals surface area contributed by atoms with Crippen molar-refractivity contribution in [1.29, 1.82) is 0 Å². The van der Waals surface area contributed by atoms with E-state index in [9.17, 15) is 9.59 Å². The maximum Gasteiger partial charge on any atom is 0.334 e. The second-order valence-corrected chi connectivity index (χ2v) is 4.60. The standard InChI is InChI=1S/C13H17N3O4/c1-9(10-2-4-14-5-3-10)15-13(19)16-6-7-20-11(8-16)12(17)18/h2-5,9,11H,6-8H2,1H3,(H,15,19)(H,17,18). The van der Waals surface area contributed by atoms with Crippen LogP contribution in [0, 0.1) is 0 Å². The summed E-state index contributed by atoms with van der Waals surface area (Å²) in [6.45, 7) is 2.54. The number of morpholine rings is 1. The maximum atomic E-state index is 12.1. The predicted octanol–water partition coefficient (Wildman–Crippen LogP) is 0.638. The van der Waals surface area contributed by atoms with Crippen LogP contribution in [0.2, 0.25) is 0 Å². The zero-order chi connectivity index (χ0) is 14.5. The molecule has 1 saturated heterocycles. The molecule has 0 spiro atoms. The smallest absolute Gasteiger partial charge is 0.334 e. The third-order valence-corrected chi connectivity index (χ3v) is 3.18. The van der Waals surface area contributed by atoms with Crippen LogP contribution >= 0.6 is 0 Å². The minimum atomic E-state index is -1.05. The van der Waals surface area contributed by atoms with Gasteiger partial charge in [-0.05, 0) is 24.6 Å². The fourth-order valence-electron chi connectivity index (χ4n) is 2.00. The van der Waals surface area contributed by atoms with E-state index < -0.39 is 12.1 Å². The summed E-state index contributed by atoms with van der Waals surface area (Å²) in [5, 5.41) is 11.7. The molecule has 0 aromatic carbocycles. The fourth-order valence-corrected chi connectivity index (χ4v) is 2.00. The molecule has 2 unspecified atom stereocenters. The average Bonchev–Trinajstić information content (AvgIpc) is 2.48. The second kappa shape index (κ2) is 6.33. The number of nitrogens with one attached hydrogen (secondary N) is 1. The lowest BCUT2D eigenvalue weighted by Gasteiger charge is -2.31. The van der Waals surface area contributed by atoms with Gasteiger partial charge in [0.25, 0.3) is 0 Å². The van der Waals surface area contributed by atoms with Crippen LogP contribution in [-0.2, 0) is 9.53 Å². The van der Waals surface area contributed by atoms with Gasteiger partial charge in [0.05, 0.1) is 19.2 Å². The van der Waals surface area contributed by atoms with Crippen LogP contribution in [0.5, 0.6) is 0 Å². The highest BCUT2D eigenvalue weighted by Gasteiger charge is 2.29. The van der Waals surface area contributed by atoms with Crippen molar-refractivity contribution in [2.24, 2.45) is 0 Å². The van der Waals surface area contributed by atoms with Gasteiger partial charge >= 0.3 is 12.0 Å². The normalized spacial score (nSPS) is 20.2. The van der Waals surface area contributed by atoms with E-state index in [0.717, 1.165) is 5.56 Å². The number of nitrogens with zero attached hydrogens (tertiary/aromatic N) is 2. The van der Waals surface area contributed by atoms with Gasteiger partial charge in [0.15, 0.2) is 6.10 Å². The fraction of sp³-hybridized carbons (Fsp3) is 0.462. The number of carbonyl (C=O) groups excluding carboxylic acids is 1. The van der Waals surface area contributed by atoms with Crippen LogP contribution in [0.25, 0.3) is 0 Å². The Hall–Kier alpha value is -2.15. The molecule has 0 bridgehead atoms. The summed E-state index contributed by atoms with van der Waals surface area (Å²) in [5.41, 5.74) is 0.941. The van der Waals surface area contributed by atoms with Crippen LogP contribution in [0.1, 0.15) is 18.5 Å². The van der Waals surface area contributed by atoms with Crippen LogP contribution in [0.15, 0.2) is 24.5 Å². The Kier molecular flexibility index (Phi) is 4.52. The van der Waals surface area contributed by atoms with Crippen LogP contribution in [-0.4, -0.2) is 52.8 Å². The third kappa shape index (κ3) is 3.45. The van der Waals surface area contributed by atoms with Crippen molar-refractivity contribution in [1.82, 2.24) is 15.2 Å². The number of carboxylic acids is 1. The zero-order valence-electron chi connectivity index (χ0n) is 11.2. The number of aromatic nitrogens is 1. The van der Waals surface area contributed by atoms with E-state index >= 15 is 0 Å². The summed E-state index contributed by atoms with van der Waals surface area (Å²) in [6.07, 6.45) is 2.37. The van der Waals surface area contributed by atoms with Crippen molar-refractivity contribution in [3.05, 3.63) is 30.1 Å². The van der Waals surface area contributed by atoms with Crippen molar-refractivity contribution in [2.45, 2.75) is 19.1 Å². The zero-order valence-corrected chi connectivity index (χ0v) is 11.2. The molecular weight excluding hydrogens is 262 g/mol. The monoisotopic (exact) mass is 279 g/mol. The Morgan fingerprint density at radius 2 is 2.20 bits per heavy atom. The molecule has 1 aliphatic heterocycles. The molecule has 2 amide bonds. The number of urea groups is 1. The number of amides is 2. The van der Waals surface area contributed by atoms with Crippen LogP contribution < -0.4 is 5.32 Å². The number of ether oxygens (including phenoxy) is 1. The number of aliphatic carboxylic acids is 1. The predicted molar refractivity (Wildman–Crippen MR) is 70.1 cm³/mol. The SMILES string of the molecule is CC(NC(=O)N1CCOC(C(=O)O)C1)c1ccncc1. The molecule has 108 valence electrons. The molecule has 7 nitrogen and oxygen atoms in total. The van der Waals surface area contributed by atoms with Gasteiger partial charge in [0, 0.05) is 18.9 Å². The summed E-state index contributed by atoms with van der Waals surface area (Å²) in [6, 6.07) is 3.19. The van der Waals surface area contributed by atoms with Crippen LogP contribution in [0.3, 0.4) is 0 Å². The average molecular weight is 279 g/mol. The Balaban J connectivity index is 1.93. The summed E-state index contributed by atoms with van der Waals surface area (Å²) >= 11 is 0. The molecule has 20 heavy (non-hydrogen) atoms. The third-order valence-electron chi connectivity index (χ3n) is 3.18. The molecule has 1 aromatic rings. The number of rotatable bonds is 3. The highest BCUT2D eigenvalue weighted by Crippen LogP contribution is 2.12. The molecule has 0 aliphatic carbocycles. The number of pyridine rings is 1. The van der Waals surface area contributed by atoms with Crippen molar-refractivity contribution in [3.8, 4) is 0 Å². The highest BCUT2D eigenvalue weighted by atomic mass is 16.5. The highest BCUT2D eigenvalue weighted by molar-refractivity contribution is 5.77. The Bertz CT molecular complexity index is 480. The van der Waals surface area contributed by atoms with Gasteiger partial charge in [0.2, 0.25) is 0 Å². The molecule has 1 aliphatic rings. The van der Waals surface area contributed by atoms with Crippen molar-refractivity contribution < 1.29 is 19.4 Å². The number of carboxylic acid groups (broad SMARTS) is 1. The second-order valence-electron chi connectivity index (χ2n) is 4.60. The van der Waals surface area contributed by atoms with Gasteiger partial charge in [0.1, 0.15) is 0 Å². The quantitative estimate of drug-likeness (QED) is 0.847. The van der Waals surface area contributed by atoms with E-state index in [1.54, 1.807) is 12.4 Å². The molecule has 2 rings (SSSR count). The molecule has 2 heterocycles. The molecule has 1 aromatic heterocycles. The van der Waals surface area contributed by atoms with Crippen molar-refractivity contribution in [3.63, 3.8) is 0 Å². The summed E-state index contributed by atoms with van der Waals surface area (Å²) in [4.78, 5) is 28.4. The minimum Gasteiger partial charge on any atom is -0.479 e. The van der Waals surface area contributed by atoms with E-state index in [4.69, 9.17) is 9.84 Å². The first-order valence-electron chi connectivity index (χ1n) is 6.37. The van der Waals surface area contributed by atoms with Gasteiger partial charge in [-0.3, -0.25) is 4.98 Å². The van der Waals surface area contributed by atoms with E-state index in [2.05, 4.69) is 10.3 Å². The molecule has 7 heteroatoms. The van der Waals surface area contributed by atoms with Crippen molar-refractivity contribution in [2.75, 3.05) is 19.7 Å². The van der Waals surface area contributed by atoms with Gasteiger partial charge in [-0.15, -0.1) is 0 Å². The van der Waals surface area contributed by atoms with Crippen LogP contribution in [0.4, 0.5) is 4.79 Å². The minimum absolute atomic E-state index is 0.0598. The van der Waals surface area contributed by atoms with Gasteiger partial charge in [-0.25, -0.2) is 9.59 Å². The van der Waals surface area contributed by atoms with Crippen molar-refractivity contribution >= 4 is 12.0 Å². The van der Waals surface area contributed by atoms with E-state index in [0.29, 0.717) is 6.54 Å². The first-order valence-corrected chi connectivity index (χ1v) is 6.37. The van der Waals surface area contributed by atoms with E-state index in [1.165, 1.54) is 4.90 Å². The molecule has 2 N–H and O–H groups in total. The van der Waals surface area contributed by atoms with E-state index in [1.807, 2.05) is 19.1 Å². The largest absolute Gasteiger partial charge is 0.479 e. The van der Waals surface area contributed by atoms with Gasteiger partial charge in [-0.2, -0.15) is 0 Å². The lowest BCUT2D eigenvalue weighted by atomic mass is 10.1. The first-order chi connectivity index (χ1) is 9.58. The topological polar surface area (TPSA) is 91.8 Å². The molecule has 1 fully saturated rings. The van der Waals surface area contributed by atoms with E-state index in [-0.39, 0.29) is 25.2 Å². The lowest BCUT2D eigenvalue weighted by molar-refractivity contribution is -0.154. The first kappa shape index (κ1) is 14.3. The van der Waals surface area contributed by atoms with Gasteiger partial charge in [-0.1, -0.05) is 0 Å². The van der Waals surface area contributed by atoms with Gasteiger partial charge < -0.3 is 20.1 Å². The lowest BCUT2D eigenvalue weighted by Crippen LogP contribution is -2.52. The Labute approximate surface area is 116 Å². The number of carbonyl (C=O) groups is 2. The Morgan fingerprint density at radius 3 is 2.85 bits per heavy atom. The molecule has 0 radical (unpaired) electrons. The maximum absolute atomic E-state index is 12.1. The summed E-state index contributed by atoms with van der Waals surface area (Å²) in [5.74, 6) is -1.05. The summed E-state index contributed by atoms with van der Waals surface area (Å²) < 4.78 is 5.08. The molecular formula is C13H17N3O4. The number of hydrogen-bond acceptors (Lipinski definition) is 4. The molecule has 0 saturated carbocycles. The Morgan fingerprint density at radius 1 is 1.50 bits per heavy atom. The summed E-state index contributed by atoms with van der Waals surface area (Å²) in [7, 11) is 0. The molecule has 2 atom stereocenters.